The second-order valence-electron chi connectivity index (χ2n) is 4.78. The van der Waals surface area contributed by atoms with E-state index in [4.69, 9.17) is 0 Å². The fraction of sp³-hybridized carbons (Fsp3) is 0.500. The summed E-state index contributed by atoms with van der Waals surface area (Å²) in [5.74, 6) is -0.617. The maximum atomic E-state index is 12.5. The van der Waals surface area contributed by atoms with Crippen molar-refractivity contribution >= 4 is 11.6 Å². The van der Waals surface area contributed by atoms with Crippen molar-refractivity contribution in [3.63, 3.8) is 0 Å². The number of halogens is 3. The van der Waals surface area contributed by atoms with Crippen LogP contribution in [0.1, 0.15) is 31.1 Å². The number of alkyl halides is 3. The Kier molecular flexibility index (Phi) is 5.42. The molecule has 0 saturated carbocycles. The first-order chi connectivity index (χ1) is 9.24. The van der Waals surface area contributed by atoms with Crippen LogP contribution in [0.5, 0.6) is 0 Å². The van der Waals surface area contributed by atoms with Gasteiger partial charge in [0, 0.05) is 18.3 Å². The molecule has 3 nitrogen and oxygen atoms in total. The summed E-state index contributed by atoms with van der Waals surface area (Å²) in [5, 5.41) is 3.07. The summed E-state index contributed by atoms with van der Waals surface area (Å²) >= 11 is 0. The van der Waals surface area contributed by atoms with Gasteiger partial charge in [-0.3, -0.25) is 4.79 Å². The molecular weight excluding hydrogens is 269 g/mol. The standard InChI is InChI=1S/C14H19F3N2O/c1-4-19(9-14(15,16)17)13(20)11-7-5-6-8-12(11)18-10(2)3/h5-8,10,18H,4,9H2,1-3H3. The zero-order valence-corrected chi connectivity index (χ0v) is 11.8. The molecule has 0 heterocycles. The van der Waals surface area contributed by atoms with Crippen LogP contribution >= 0.6 is 0 Å². The fourth-order valence-corrected chi connectivity index (χ4v) is 1.82. The van der Waals surface area contributed by atoms with Crippen LogP contribution in [-0.4, -0.2) is 36.1 Å². The van der Waals surface area contributed by atoms with E-state index in [9.17, 15) is 18.0 Å². The lowest BCUT2D eigenvalue weighted by atomic mass is 10.1. The molecule has 0 fully saturated rings. The monoisotopic (exact) mass is 288 g/mol. The zero-order chi connectivity index (χ0) is 15.3. The van der Waals surface area contributed by atoms with Crippen molar-refractivity contribution in [2.45, 2.75) is 33.0 Å². The third-order valence-corrected chi connectivity index (χ3v) is 2.64. The molecular formula is C14H19F3N2O. The average molecular weight is 288 g/mol. The first-order valence-corrected chi connectivity index (χ1v) is 6.46. The van der Waals surface area contributed by atoms with Crippen LogP contribution in [0.3, 0.4) is 0 Å². The van der Waals surface area contributed by atoms with Crippen molar-refractivity contribution in [2.75, 3.05) is 18.4 Å². The molecule has 6 heteroatoms. The molecule has 0 aliphatic heterocycles. The number of carbonyl (C=O) groups excluding carboxylic acids is 1. The molecule has 0 radical (unpaired) electrons. The summed E-state index contributed by atoms with van der Waals surface area (Å²) in [6, 6.07) is 6.68. The third-order valence-electron chi connectivity index (χ3n) is 2.64. The maximum absolute atomic E-state index is 12.5. The summed E-state index contributed by atoms with van der Waals surface area (Å²) in [4.78, 5) is 13.0. The van der Waals surface area contributed by atoms with E-state index in [1.165, 1.54) is 13.0 Å². The topological polar surface area (TPSA) is 32.3 Å². The highest BCUT2D eigenvalue weighted by Crippen LogP contribution is 2.22. The lowest BCUT2D eigenvalue weighted by Crippen LogP contribution is -2.39. The first kappa shape index (κ1) is 16.3. The van der Waals surface area contributed by atoms with Crippen LogP contribution in [0.25, 0.3) is 0 Å². The lowest BCUT2D eigenvalue weighted by Gasteiger charge is -2.24. The highest BCUT2D eigenvalue weighted by molar-refractivity contribution is 5.99. The minimum absolute atomic E-state index is 0.00829. The number of para-hydroxylation sites is 1. The van der Waals surface area contributed by atoms with Gasteiger partial charge in [0.2, 0.25) is 0 Å². The number of rotatable bonds is 5. The summed E-state index contributed by atoms with van der Waals surface area (Å²) in [7, 11) is 0. The van der Waals surface area contributed by atoms with Crippen LogP contribution < -0.4 is 5.32 Å². The van der Waals surface area contributed by atoms with Gasteiger partial charge in [0.15, 0.2) is 0 Å². The summed E-state index contributed by atoms with van der Waals surface area (Å²) in [6.07, 6.45) is -4.40. The largest absolute Gasteiger partial charge is 0.406 e. The molecule has 0 aliphatic rings. The molecule has 20 heavy (non-hydrogen) atoms. The van der Waals surface area contributed by atoms with Crippen molar-refractivity contribution < 1.29 is 18.0 Å². The average Bonchev–Trinajstić information content (AvgIpc) is 2.34. The van der Waals surface area contributed by atoms with E-state index in [0.717, 1.165) is 4.90 Å². The van der Waals surface area contributed by atoms with Gasteiger partial charge < -0.3 is 10.2 Å². The van der Waals surface area contributed by atoms with Crippen molar-refractivity contribution in [3.05, 3.63) is 29.8 Å². The predicted molar refractivity (Wildman–Crippen MR) is 72.8 cm³/mol. The van der Waals surface area contributed by atoms with Crippen LogP contribution in [0, 0.1) is 0 Å². The van der Waals surface area contributed by atoms with E-state index in [1.807, 2.05) is 13.8 Å². The number of hydrogen-bond donors (Lipinski definition) is 1. The Balaban J connectivity index is 3.00. The zero-order valence-electron chi connectivity index (χ0n) is 11.8. The molecule has 1 aromatic rings. The number of anilines is 1. The highest BCUT2D eigenvalue weighted by Gasteiger charge is 2.33. The molecule has 0 unspecified atom stereocenters. The Morgan fingerprint density at radius 1 is 1.30 bits per heavy atom. The van der Waals surface area contributed by atoms with Gasteiger partial charge >= 0.3 is 6.18 Å². The SMILES string of the molecule is CCN(CC(F)(F)F)C(=O)c1ccccc1NC(C)C. The van der Waals surface area contributed by atoms with Crippen LogP contribution in [0.4, 0.5) is 18.9 Å². The highest BCUT2D eigenvalue weighted by atomic mass is 19.4. The third kappa shape index (κ3) is 4.75. The quantitative estimate of drug-likeness (QED) is 0.899. The van der Waals surface area contributed by atoms with Crippen molar-refractivity contribution in [2.24, 2.45) is 0 Å². The Morgan fingerprint density at radius 2 is 1.90 bits per heavy atom. The molecule has 0 aliphatic carbocycles. The summed E-state index contributed by atoms with van der Waals surface area (Å²) in [6.45, 7) is 4.10. The number of hydrogen-bond acceptors (Lipinski definition) is 2. The van der Waals surface area contributed by atoms with Crippen LogP contribution in [-0.2, 0) is 0 Å². The van der Waals surface area contributed by atoms with Crippen molar-refractivity contribution in [1.29, 1.82) is 0 Å². The van der Waals surface area contributed by atoms with Gasteiger partial charge in [-0.15, -0.1) is 0 Å². The van der Waals surface area contributed by atoms with Crippen LogP contribution in [0.2, 0.25) is 0 Å². The van der Waals surface area contributed by atoms with E-state index >= 15 is 0 Å². The van der Waals surface area contributed by atoms with Crippen LogP contribution in [0.15, 0.2) is 24.3 Å². The molecule has 0 saturated heterocycles. The number of amides is 1. The Morgan fingerprint density at radius 3 is 2.40 bits per heavy atom. The summed E-state index contributed by atoms with van der Waals surface area (Å²) < 4.78 is 37.4. The first-order valence-electron chi connectivity index (χ1n) is 6.46. The molecule has 112 valence electrons. The number of benzene rings is 1. The minimum Gasteiger partial charge on any atom is -0.382 e. The van der Waals surface area contributed by atoms with E-state index < -0.39 is 18.6 Å². The molecule has 0 aromatic heterocycles. The van der Waals surface area contributed by atoms with E-state index in [2.05, 4.69) is 5.32 Å². The molecule has 0 atom stereocenters. The van der Waals surface area contributed by atoms with Gasteiger partial charge in [0.05, 0.1) is 5.56 Å². The van der Waals surface area contributed by atoms with Gasteiger partial charge in [-0.1, -0.05) is 12.1 Å². The predicted octanol–water partition coefficient (Wildman–Crippen LogP) is 3.53. The maximum Gasteiger partial charge on any atom is 0.406 e. The van der Waals surface area contributed by atoms with Crippen molar-refractivity contribution in [1.82, 2.24) is 4.90 Å². The summed E-state index contributed by atoms with van der Waals surface area (Å²) in [5.41, 5.74) is 0.806. The van der Waals surface area contributed by atoms with Gasteiger partial charge in [-0.2, -0.15) is 13.2 Å². The van der Waals surface area contributed by atoms with E-state index in [1.54, 1.807) is 18.2 Å². The molecule has 0 spiro atoms. The second kappa shape index (κ2) is 6.63. The van der Waals surface area contributed by atoms with Crippen molar-refractivity contribution in [3.8, 4) is 0 Å². The second-order valence-corrected chi connectivity index (χ2v) is 4.78. The van der Waals surface area contributed by atoms with Gasteiger partial charge in [0.25, 0.3) is 5.91 Å². The number of carbonyl (C=O) groups is 1. The molecule has 1 amide bonds. The minimum atomic E-state index is -4.40. The van der Waals surface area contributed by atoms with E-state index in [0.29, 0.717) is 5.69 Å². The van der Waals surface area contributed by atoms with E-state index in [-0.39, 0.29) is 18.2 Å². The Hall–Kier alpha value is -1.72. The molecule has 0 bridgehead atoms. The van der Waals surface area contributed by atoms with Gasteiger partial charge in [-0.25, -0.2) is 0 Å². The molecule has 1 N–H and O–H groups in total. The number of nitrogens with zero attached hydrogens (tertiary/aromatic N) is 1. The fourth-order valence-electron chi connectivity index (χ4n) is 1.82. The number of nitrogens with one attached hydrogen (secondary N) is 1. The Bertz CT molecular complexity index is 458. The smallest absolute Gasteiger partial charge is 0.382 e. The van der Waals surface area contributed by atoms with Gasteiger partial charge in [0.1, 0.15) is 6.54 Å². The van der Waals surface area contributed by atoms with Gasteiger partial charge in [-0.05, 0) is 32.9 Å². The lowest BCUT2D eigenvalue weighted by molar-refractivity contribution is -0.140. The molecule has 1 aromatic carbocycles. The Labute approximate surface area is 116 Å². The normalized spacial score (nSPS) is 11.6. The molecule has 1 rings (SSSR count).